The van der Waals surface area contributed by atoms with Crippen LogP contribution in [0.15, 0.2) is 53.4 Å². The van der Waals surface area contributed by atoms with E-state index in [0.717, 1.165) is 29.7 Å². The number of nitrogens with zero attached hydrogens (tertiary/aromatic N) is 1. The van der Waals surface area contributed by atoms with Crippen LogP contribution in [0.4, 0.5) is 0 Å². The number of nitrogens with one attached hydrogen (secondary N) is 2. The molecule has 1 saturated heterocycles. The highest BCUT2D eigenvalue weighted by molar-refractivity contribution is 7.89. The topological polar surface area (TPSA) is 65.2 Å². The minimum Gasteiger partial charge on any atom is -0.357 e. The first-order chi connectivity index (χ1) is 12.5. The molecule has 2 aliphatic rings. The Labute approximate surface area is 153 Å². The summed E-state index contributed by atoms with van der Waals surface area (Å²) >= 11 is 0. The quantitative estimate of drug-likeness (QED) is 0.731. The number of H-pyrrole nitrogens is 1. The Bertz CT molecular complexity index is 1090. The van der Waals surface area contributed by atoms with Gasteiger partial charge in [-0.2, -0.15) is 4.31 Å². The van der Waals surface area contributed by atoms with Crippen LogP contribution in [-0.2, 0) is 22.0 Å². The van der Waals surface area contributed by atoms with Crippen molar-refractivity contribution >= 4 is 20.9 Å². The van der Waals surface area contributed by atoms with Crippen molar-refractivity contribution in [2.45, 2.75) is 23.8 Å². The normalized spacial score (nSPS) is 19.4. The van der Waals surface area contributed by atoms with Gasteiger partial charge in [0.25, 0.3) is 0 Å². The third-order valence-electron chi connectivity index (χ3n) is 5.68. The zero-order valence-corrected chi connectivity index (χ0v) is 15.4. The van der Waals surface area contributed by atoms with Gasteiger partial charge in [0.15, 0.2) is 0 Å². The molecule has 6 heteroatoms. The van der Waals surface area contributed by atoms with Gasteiger partial charge < -0.3 is 10.3 Å². The molecule has 2 aliphatic heterocycles. The summed E-state index contributed by atoms with van der Waals surface area (Å²) in [7, 11) is -3.45. The Kier molecular flexibility index (Phi) is 3.35. The summed E-state index contributed by atoms with van der Waals surface area (Å²) in [5.41, 5.74) is 4.36. The van der Waals surface area contributed by atoms with E-state index in [2.05, 4.69) is 28.5 Å². The monoisotopic (exact) mass is 367 g/mol. The second-order valence-corrected chi connectivity index (χ2v) is 9.31. The molecule has 0 saturated carbocycles. The Hall–Kier alpha value is -2.15. The maximum atomic E-state index is 12.9. The number of rotatable bonds is 2. The van der Waals surface area contributed by atoms with Gasteiger partial charge in [-0.15, -0.1) is 0 Å². The zero-order chi connectivity index (χ0) is 17.9. The second-order valence-electron chi connectivity index (χ2n) is 7.37. The number of sulfonamides is 1. The van der Waals surface area contributed by atoms with Crippen LogP contribution in [0.5, 0.6) is 0 Å². The fraction of sp³-hybridized carbons (Fsp3) is 0.300. The molecule has 3 heterocycles. The van der Waals surface area contributed by atoms with Gasteiger partial charge in [-0.1, -0.05) is 35.9 Å². The van der Waals surface area contributed by atoms with E-state index < -0.39 is 10.0 Å². The van der Waals surface area contributed by atoms with Crippen LogP contribution in [0.2, 0.25) is 0 Å². The van der Waals surface area contributed by atoms with Gasteiger partial charge in [0.05, 0.1) is 10.4 Å². The van der Waals surface area contributed by atoms with Crippen molar-refractivity contribution in [1.82, 2.24) is 14.6 Å². The average molecular weight is 367 g/mol. The van der Waals surface area contributed by atoms with E-state index in [1.807, 2.05) is 25.1 Å². The zero-order valence-electron chi connectivity index (χ0n) is 14.6. The molecule has 5 nitrogen and oxygen atoms in total. The van der Waals surface area contributed by atoms with Gasteiger partial charge in [0.1, 0.15) is 0 Å². The van der Waals surface area contributed by atoms with E-state index in [9.17, 15) is 8.42 Å². The lowest BCUT2D eigenvalue weighted by atomic mass is 9.82. The highest BCUT2D eigenvalue weighted by Crippen LogP contribution is 2.41. The molecule has 0 bridgehead atoms. The predicted octanol–water partition coefficient (Wildman–Crippen LogP) is 2.52. The first kappa shape index (κ1) is 16.1. The summed E-state index contributed by atoms with van der Waals surface area (Å²) in [6.07, 6.45) is 0.964. The second kappa shape index (κ2) is 5.42. The third-order valence-corrected chi connectivity index (χ3v) is 7.49. The summed E-state index contributed by atoms with van der Waals surface area (Å²) in [5.74, 6) is 0. The maximum absolute atomic E-state index is 12.9. The Morgan fingerprint density at radius 1 is 1.04 bits per heavy atom. The van der Waals surface area contributed by atoms with Crippen molar-refractivity contribution in [1.29, 1.82) is 0 Å². The van der Waals surface area contributed by atoms with E-state index in [-0.39, 0.29) is 5.54 Å². The van der Waals surface area contributed by atoms with Crippen LogP contribution in [0.25, 0.3) is 10.9 Å². The van der Waals surface area contributed by atoms with Crippen molar-refractivity contribution < 1.29 is 8.42 Å². The average Bonchev–Trinajstić information content (AvgIpc) is 2.99. The molecule has 1 aromatic heterocycles. The molecule has 1 fully saturated rings. The van der Waals surface area contributed by atoms with Gasteiger partial charge in [-0.25, -0.2) is 8.42 Å². The van der Waals surface area contributed by atoms with Crippen molar-refractivity contribution in [2.24, 2.45) is 0 Å². The molecule has 0 aliphatic carbocycles. The van der Waals surface area contributed by atoms with E-state index >= 15 is 0 Å². The molecule has 0 atom stereocenters. The van der Waals surface area contributed by atoms with Gasteiger partial charge in [0.2, 0.25) is 10.0 Å². The number of para-hydroxylation sites is 1. The summed E-state index contributed by atoms with van der Waals surface area (Å²) in [5, 5.41) is 4.83. The third kappa shape index (κ3) is 2.19. The number of aromatic nitrogens is 1. The molecular weight excluding hydrogens is 346 g/mol. The smallest absolute Gasteiger partial charge is 0.243 e. The summed E-state index contributed by atoms with van der Waals surface area (Å²) in [4.78, 5) is 3.91. The first-order valence-electron chi connectivity index (χ1n) is 8.92. The Balaban J connectivity index is 1.49. The van der Waals surface area contributed by atoms with Gasteiger partial charge in [-0.05, 0) is 37.1 Å². The van der Waals surface area contributed by atoms with Crippen LogP contribution >= 0.6 is 0 Å². The van der Waals surface area contributed by atoms with Gasteiger partial charge in [-0.3, -0.25) is 0 Å². The lowest BCUT2D eigenvalue weighted by Crippen LogP contribution is -2.69. The van der Waals surface area contributed by atoms with Crippen LogP contribution in [0, 0.1) is 6.92 Å². The molecule has 5 rings (SSSR count). The molecule has 0 radical (unpaired) electrons. The summed E-state index contributed by atoms with van der Waals surface area (Å²) in [6, 6.07) is 15.4. The van der Waals surface area contributed by atoms with E-state index in [1.165, 1.54) is 10.9 Å². The van der Waals surface area contributed by atoms with Crippen molar-refractivity contribution in [3.63, 3.8) is 0 Å². The molecular formula is C20H21N3O2S. The molecule has 3 aromatic rings. The van der Waals surface area contributed by atoms with Crippen molar-refractivity contribution in [3.05, 3.63) is 65.4 Å². The minimum absolute atomic E-state index is 0.301. The summed E-state index contributed by atoms with van der Waals surface area (Å²) < 4.78 is 27.4. The van der Waals surface area contributed by atoms with E-state index in [0.29, 0.717) is 18.0 Å². The molecule has 0 amide bonds. The molecule has 26 heavy (non-hydrogen) atoms. The number of aromatic amines is 1. The number of benzene rings is 2. The molecule has 0 unspecified atom stereocenters. The molecule has 1 spiro atoms. The van der Waals surface area contributed by atoms with Crippen LogP contribution < -0.4 is 5.32 Å². The lowest BCUT2D eigenvalue weighted by Gasteiger charge is -2.51. The van der Waals surface area contributed by atoms with Gasteiger partial charge in [0, 0.05) is 36.2 Å². The van der Waals surface area contributed by atoms with Crippen molar-refractivity contribution in [3.8, 4) is 0 Å². The fourth-order valence-corrected chi connectivity index (χ4v) is 5.80. The van der Waals surface area contributed by atoms with E-state index in [1.54, 1.807) is 16.4 Å². The highest BCUT2D eigenvalue weighted by Gasteiger charge is 2.52. The number of fused-ring (bicyclic) bond motifs is 4. The minimum atomic E-state index is -3.45. The van der Waals surface area contributed by atoms with Crippen LogP contribution in [0.3, 0.4) is 0 Å². The Morgan fingerprint density at radius 3 is 2.54 bits per heavy atom. The number of aryl methyl sites for hydroxylation is 1. The standard InChI is InChI=1S/C20H21N3O2S/c1-14-6-8-15(9-7-14)26(24,25)23-12-20(13-23)19-17(10-11-21-20)16-4-2-3-5-18(16)22-19/h2-9,21-22H,10-13H2,1H3. The number of hydrogen-bond acceptors (Lipinski definition) is 3. The SMILES string of the molecule is Cc1ccc(S(=O)(=O)N2CC3(C2)NCCc2c3[nH]c3ccccc23)cc1. The largest absolute Gasteiger partial charge is 0.357 e. The fourth-order valence-electron chi connectivity index (χ4n) is 4.24. The molecule has 134 valence electrons. The maximum Gasteiger partial charge on any atom is 0.243 e. The molecule has 2 aromatic carbocycles. The van der Waals surface area contributed by atoms with Gasteiger partial charge >= 0.3 is 0 Å². The highest BCUT2D eigenvalue weighted by atomic mass is 32.2. The van der Waals surface area contributed by atoms with Crippen molar-refractivity contribution in [2.75, 3.05) is 19.6 Å². The Morgan fingerprint density at radius 2 is 1.77 bits per heavy atom. The lowest BCUT2D eigenvalue weighted by molar-refractivity contribution is 0.104. The molecule has 2 N–H and O–H groups in total. The van der Waals surface area contributed by atoms with Crippen LogP contribution in [-0.4, -0.2) is 37.3 Å². The number of hydrogen-bond donors (Lipinski definition) is 2. The van der Waals surface area contributed by atoms with Crippen LogP contribution in [0.1, 0.15) is 16.8 Å². The van der Waals surface area contributed by atoms with E-state index in [4.69, 9.17) is 0 Å². The predicted molar refractivity (Wildman–Crippen MR) is 102 cm³/mol. The first-order valence-corrected chi connectivity index (χ1v) is 10.4. The summed E-state index contributed by atoms with van der Waals surface area (Å²) in [6.45, 7) is 3.75.